The van der Waals surface area contributed by atoms with Gasteiger partial charge in [0.25, 0.3) is 0 Å². The van der Waals surface area contributed by atoms with E-state index < -0.39 is 0 Å². The van der Waals surface area contributed by atoms with E-state index >= 15 is 0 Å². The standard InChI is InChI=1S/C27H19N3.C13H10O.2C4H8.C2H6/c1-18-15-16-25-22(17-18)20-11-6-8-14-24(20)30(25)27-21-12-5-7-13-23(21)28-26(29-27)19-9-3-2-4-10-19;1-9-5-4-7-11-10-6-2-3-8-12(10)14-13(9)11;2*1-3-4-2;1-2/h2-17H,1H3;2-8H,1H3;2*3-4H,1-2H3;1-2H3/b;;2*4-3-;. The summed E-state index contributed by atoms with van der Waals surface area (Å²) >= 11 is 0. The van der Waals surface area contributed by atoms with Crippen LogP contribution >= 0.6 is 0 Å². The van der Waals surface area contributed by atoms with Crippen LogP contribution in [0.25, 0.3) is 71.9 Å². The van der Waals surface area contributed by atoms with Crippen molar-refractivity contribution < 1.29 is 4.42 Å². The van der Waals surface area contributed by atoms with Crippen LogP contribution in [0, 0.1) is 13.8 Å². The molecule has 0 bridgehead atoms. The van der Waals surface area contributed by atoms with Gasteiger partial charge in [0.05, 0.1) is 16.6 Å². The minimum absolute atomic E-state index is 0.738. The van der Waals surface area contributed by atoms with E-state index in [0.29, 0.717) is 0 Å². The summed E-state index contributed by atoms with van der Waals surface area (Å²) in [5, 5.41) is 5.93. The Bertz CT molecular complexity index is 2620. The number of hydrogen-bond acceptors (Lipinski definition) is 3. The number of benzene rings is 6. The summed E-state index contributed by atoms with van der Waals surface area (Å²) in [6.45, 7) is 16.2. The zero-order chi connectivity index (χ0) is 38.5. The Kier molecular flexibility index (Phi) is 13.7. The van der Waals surface area contributed by atoms with Gasteiger partial charge in [0.15, 0.2) is 5.82 Å². The number of rotatable bonds is 2. The van der Waals surface area contributed by atoms with Gasteiger partial charge < -0.3 is 4.42 Å². The Morgan fingerprint density at radius 1 is 0.500 bits per heavy atom. The average Bonchev–Trinajstić information content (AvgIpc) is 3.78. The van der Waals surface area contributed by atoms with E-state index in [0.717, 1.165) is 50.3 Å². The first-order valence-corrected chi connectivity index (χ1v) is 18.8. The molecular weight excluding hydrogens is 659 g/mol. The fraction of sp³-hybridized carbons (Fsp3) is 0.160. The molecule has 9 rings (SSSR count). The average molecular weight is 710 g/mol. The molecule has 0 spiro atoms. The minimum Gasteiger partial charge on any atom is -0.456 e. The van der Waals surface area contributed by atoms with Gasteiger partial charge in [-0.2, -0.15) is 0 Å². The Morgan fingerprint density at radius 2 is 1.07 bits per heavy atom. The predicted octanol–water partition coefficient (Wildman–Crippen LogP) is 14.8. The summed E-state index contributed by atoms with van der Waals surface area (Å²) in [6.07, 6.45) is 8.00. The lowest BCUT2D eigenvalue weighted by Crippen LogP contribution is -2.02. The number of fused-ring (bicyclic) bond motifs is 7. The van der Waals surface area contributed by atoms with Crippen LogP contribution in [-0.2, 0) is 0 Å². The first-order valence-electron chi connectivity index (χ1n) is 18.8. The van der Waals surface area contributed by atoms with E-state index in [9.17, 15) is 0 Å². The first kappa shape index (κ1) is 39.0. The van der Waals surface area contributed by atoms with Gasteiger partial charge in [0.2, 0.25) is 0 Å². The third kappa shape index (κ3) is 8.51. The molecule has 54 heavy (non-hydrogen) atoms. The van der Waals surface area contributed by atoms with Crippen molar-refractivity contribution in [1.82, 2.24) is 14.5 Å². The highest BCUT2D eigenvalue weighted by Gasteiger charge is 2.17. The molecule has 4 heteroatoms. The second kappa shape index (κ2) is 19.0. The number of furan rings is 1. The molecule has 3 heterocycles. The molecule has 4 nitrogen and oxygen atoms in total. The van der Waals surface area contributed by atoms with Gasteiger partial charge in [-0.25, -0.2) is 9.97 Å². The Morgan fingerprint density at radius 3 is 1.78 bits per heavy atom. The summed E-state index contributed by atoms with van der Waals surface area (Å²) in [5.41, 5.74) is 8.69. The van der Waals surface area contributed by atoms with Gasteiger partial charge in [0, 0.05) is 32.5 Å². The SMILES string of the molecule is C/C=C\C.C/C=C\C.CC.Cc1ccc2c(c1)c1ccccc1n2-c1nc(-c2ccccc2)nc2ccccc12.Cc1cccc2c1oc1ccccc12. The van der Waals surface area contributed by atoms with Crippen LogP contribution in [0.3, 0.4) is 0 Å². The normalized spacial score (nSPS) is 10.8. The third-order valence-corrected chi connectivity index (χ3v) is 8.92. The molecule has 0 atom stereocenters. The second-order valence-electron chi connectivity index (χ2n) is 12.5. The number of hydrogen-bond donors (Lipinski definition) is 0. The molecule has 0 aliphatic carbocycles. The lowest BCUT2D eigenvalue weighted by atomic mass is 10.1. The van der Waals surface area contributed by atoms with Crippen molar-refractivity contribution in [3.63, 3.8) is 0 Å². The molecule has 9 aromatic rings. The van der Waals surface area contributed by atoms with E-state index in [2.05, 4.69) is 115 Å². The quantitative estimate of drug-likeness (QED) is 0.168. The summed E-state index contributed by atoms with van der Waals surface area (Å²) in [5.74, 6) is 1.65. The molecule has 0 radical (unpaired) electrons. The van der Waals surface area contributed by atoms with Crippen LogP contribution in [0.1, 0.15) is 52.7 Å². The fourth-order valence-electron chi connectivity index (χ4n) is 6.15. The Labute approximate surface area is 320 Å². The number of para-hydroxylation sites is 4. The lowest BCUT2D eigenvalue weighted by molar-refractivity contribution is 0.666. The fourth-order valence-corrected chi connectivity index (χ4v) is 6.15. The molecule has 0 aliphatic heterocycles. The molecule has 0 aliphatic rings. The lowest BCUT2D eigenvalue weighted by Gasteiger charge is -2.12. The van der Waals surface area contributed by atoms with Crippen molar-refractivity contribution in [3.8, 4) is 17.2 Å². The van der Waals surface area contributed by atoms with Gasteiger partial charge in [-0.1, -0.05) is 147 Å². The topological polar surface area (TPSA) is 43.9 Å². The highest BCUT2D eigenvalue weighted by atomic mass is 16.3. The molecule has 0 fully saturated rings. The molecule has 272 valence electrons. The molecule has 3 aromatic heterocycles. The Hall–Kier alpha value is -6.26. The maximum Gasteiger partial charge on any atom is 0.162 e. The van der Waals surface area contributed by atoms with E-state index in [1.54, 1.807) is 0 Å². The highest BCUT2D eigenvalue weighted by molar-refractivity contribution is 6.10. The van der Waals surface area contributed by atoms with E-state index in [1.807, 2.05) is 108 Å². The van der Waals surface area contributed by atoms with E-state index in [1.165, 1.54) is 32.7 Å². The zero-order valence-corrected chi connectivity index (χ0v) is 32.8. The molecule has 0 saturated carbocycles. The van der Waals surface area contributed by atoms with Crippen LogP contribution in [0.2, 0.25) is 0 Å². The molecule has 0 saturated heterocycles. The van der Waals surface area contributed by atoms with Gasteiger partial charge in [-0.15, -0.1) is 0 Å². The van der Waals surface area contributed by atoms with Gasteiger partial charge >= 0.3 is 0 Å². The van der Waals surface area contributed by atoms with Crippen LogP contribution in [0.15, 0.2) is 168 Å². The molecule has 0 amide bonds. The van der Waals surface area contributed by atoms with Crippen molar-refractivity contribution in [1.29, 1.82) is 0 Å². The summed E-state index contributed by atoms with van der Waals surface area (Å²) in [4.78, 5) is 9.95. The summed E-state index contributed by atoms with van der Waals surface area (Å²) < 4.78 is 8.06. The monoisotopic (exact) mass is 709 g/mol. The number of aryl methyl sites for hydroxylation is 2. The van der Waals surface area contributed by atoms with E-state index in [-0.39, 0.29) is 0 Å². The van der Waals surface area contributed by atoms with Gasteiger partial charge in [-0.05, 0) is 83.5 Å². The van der Waals surface area contributed by atoms with Crippen LogP contribution < -0.4 is 0 Å². The van der Waals surface area contributed by atoms with Crippen LogP contribution in [0.5, 0.6) is 0 Å². The maximum atomic E-state index is 5.78. The number of allylic oxidation sites excluding steroid dienone is 4. The maximum absolute atomic E-state index is 5.78. The highest BCUT2D eigenvalue weighted by Crippen LogP contribution is 2.35. The summed E-state index contributed by atoms with van der Waals surface area (Å²) in [6, 6.07) is 48.0. The largest absolute Gasteiger partial charge is 0.456 e. The Balaban J connectivity index is 0.000000193. The van der Waals surface area contributed by atoms with Crippen molar-refractivity contribution in [3.05, 3.63) is 175 Å². The summed E-state index contributed by atoms with van der Waals surface area (Å²) in [7, 11) is 0. The zero-order valence-electron chi connectivity index (χ0n) is 32.8. The smallest absolute Gasteiger partial charge is 0.162 e. The molecule has 6 aromatic carbocycles. The first-order chi connectivity index (χ1) is 26.5. The molecular formula is C50H51N3O. The third-order valence-electron chi connectivity index (χ3n) is 8.92. The minimum atomic E-state index is 0.738. The van der Waals surface area contributed by atoms with Crippen molar-refractivity contribution in [2.75, 3.05) is 0 Å². The predicted molar refractivity (Wildman–Crippen MR) is 235 cm³/mol. The van der Waals surface area contributed by atoms with Crippen LogP contribution in [-0.4, -0.2) is 14.5 Å². The molecule has 0 unspecified atom stereocenters. The van der Waals surface area contributed by atoms with Gasteiger partial charge in [-0.3, -0.25) is 4.57 Å². The van der Waals surface area contributed by atoms with Gasteiger partial charge in [0.1, 0.15) is 17.0 Å². The molecule has 0 N–H and O–H groups in total. The van der Waals surface area contributed by atoms with Crippen molar-refractivity contribution in [2.45, 2.75) is 55.4 Å². The van der Waals surface area contributed by atoms with E-state index in [4.69, 9.17) is 14.4 Å². The second-order valence-corrected chi connectivity index (χ2v) is 12.5. The van der Waals surface area contributed by atoms with Crippen molar-refractivity contribution >= 4 is 54.6 Å². The van der Waals surface area contributed by atoms with Crippen molar-refractivity contribution in [2.24, 2.45) is 0 Å². The number of aromatic nitrogens is 3. The van der Waals surface area contributed by atoms with Crippen LogP contribution in [0.4, 0.5) is 0 Å². The number of nitrogens with zero attached hydrogens (tertiary/aromatic N) is 3.